The van der Waals surface area contributed by atoms with Gasteiger partial charge < -0.3 is 4.74 Å². The van der Waals surface area contributed by atoms with E-state index in [1.54, 1.807) is 6.08 Å². The van der Waals surface area contributed by atoms with Gasteiger partial charge in [-0.2, -0.15) is 0 Å². The molecule has 0 aliphatic carbocycles. The fourth-order valence-electron chi connectivity index (χ4n) is 1.23. The first-order valence-electron chi connectivity index (χ1n) is 6.46. The molecule has 0 saturated heterocycles. The standard InChI is InChI=1S/C15H24O2/c1-3-5-7-8-9-10-11-13-15(16)17-14-12-6-4-2/h6,9-13H,3-5,7-8,14H2,1-2H3/b10-9-,12-6-,13-11+. The monoisotopic (exact) mass is 236 g/mol. The van der Waals surface area contributed by atoms with Crippen LogP contribution in [0.1, 0.15) is 46.0 Å². The molecule has 0 fully saturated rings. The lowest BCUT2D eigenvalue weighted by Crippen LogP contribution is -1.99. The Kier molecular flexibility index (Phi) is 11.8. The van der Waals surface area contributed by atoms with Crippen molar-refractivity contribution < 1.29 is 9.53 Å². The van der Waals surface area contributed by atoms with Gasteiger partial charge in [-0.15, -0.1) is 0 Å². The lowest BCUT2D eigenvalue weighted by Gasteiger charge is -1.95. The van der Waals surface area contributed by atoms with Gasteiger partial charge in [-0.1, -0.05) is 57.1 Å². The average molecular weight is 236 g/mol. The van der Waals surface area contributed by atoms with E-state index in [0.29, 0.717) is 6.61 Å². The summed E-state index contributed by atoms with van der Waals surface area (Å²) < 4.78 is 4.94. The van der Waals surface area contributed by atoms with Crippen molar-refractivity contribution in [3.8, 4) is 0 Å². The van der Waals surface area contributed by atoms with Crippen molar-refractivity contribution in [3.63, 3.8) is 0 Å². The number of hydrogen-bond acceptors (Lipinski definition) is 2. The fourth-order valence-corrected chi connectivity index (χ4v) is 1.23. The third-order valence-corrected chi connectivity index (χ3v) is 2.18. The molecule has 17 heavy (non-hydrogen) atoms. The molecule has 0 amide bonds. The summed E-state index contributed by atoms with van der Waals surface area (Å²) in [4.78, 5) is 11.2. The van der Waals surface area contributed by atoms with E-state index in [0.717, 1.165) is 12.8 Å². The summed E-state index contributed by atoms with van der Waals surface area (Å²) >= 11 is 0. The van der Waals surface area contributed by atoms with E-state index >= 15 is 0 Å². The third kappa shape index (κ3) is 12.6. The zero-order chi connectivity index (χ0) is 12.8. The Hall–Kier alpha value is -1.31. The van der Waals surface area contributed by atoms with Crippen molar-refractivity contribution >= 4 is 5.97 Å². The number of allylic oxidation sites excluding steroid dienone is 4. The largest absolute Gasteiger partial charge is 0.458 e. The van der Waals surface area contributed by atoms with Gasteiger partial charge in [0.2, 0.25) is 0 Å². The molecule has 0 spiro atoms. The van der Waals surface area contributed by atoms with E-state index in [1.807, 2.05) is 25.2 Å². The number of unbranched alkanes of at least 4 members (excludes halogenated alkanes) is 3. The van der Waals surface area contributed by atoms with Crippen molar-refractivity contribution in [2.75, 3.05) is 6.61 Å². The number of esters is 1. The van der Waals surface area contributed by atoms with E-state index in [1.165, 1.54) is 25.3 Å². The molecule has 0 unspecified atom stereocenters. The zero-order valence-electron chi connectivity index (χ0n) is 11.0. The quantitative estimate of drug-likeness (QED) is 0.197. The highest BCUT2D eigenvalue weighted by molar-refractivity contribution is 5.82. The zero-order valence-corrected chi connectivity index (χ0v) is 11.0. The summed E-state index contributed by atoms with van der Waals surface area (Å²) in [5, 5.41) is 0. The molecular formula is C15H24O2. The van der Waals surface area contributed by atoms with Crippen molar-refractivity contribution in [1.29, 1.82) is 0 Å². The summed E-state index contributed by atoms with van der Waals surface area (Å²) in [6.45, 7) is 4.59. The normalized spacial score (nSPS) is 11.9. The summed E-state index contributed by atoms with van der Waals surface area (Å²) in [5.41, 5.74) is 0. The van der Waals surface area contributed by atoms with E-state index in [-0.39, 0.29) is 5.97 Å². The molecule has 0 rings (SSSR count). The molecule has 0 N–H and O–H groups in total. The maximum atomic E-state index is 11.2. The van der Waals surface area contributed by atoms with Crippen molar-refractivity contribution in [3.05, 3.63) is 36.5 Å². The second kappa shape index (κ2) is 12.8. The minimum atomic E-state index is -0.288. The summed E-state index contributed by atoms with van der Waals surface area (Å²) in [6.07, 6.45) is 16.8. The van der Waals surface area contributed by atoms with Gasteiger partial charge in [0, 0.05) is 6.08 Å². The van der Waals surface area contributed by atoms with Crippen LogP contribution in [0.4, 0.5) is 0 Å². The SMILES string of the molecule is CC/C=C\COC(=O)/C=C/C=C\CCCCC. The van der Waals surface area contributed by atoms with Gasteiger partial charge in [0.25, 0.3) is 0 Å². The molecule has 0 aromatic heterocycles. The maximum Gasteiger partial charge on any atom is 0.331 e. The van der Waals surface area contributed by atoms with Crippen molar-refractivity contribution in [2.45, 2.75) is 46.0 Å². The highest BCUT2D eigenvalue weighted by Gasteiger charge is 1.91. The minimum Gasteiger partial charge on any atom is -0.458 e. The lowest BCUT2D eigenvalue weighted by molar-refractivity contribution is -0.136. The molecule has 0 aromatic carbocycles. The highest BCUT2D eigenvalue weighted by Crippen LogP contribution is 1.99. The van der Waals surface area contributed by atoms with Gasteiger partial charge in [-0.25, -0.2) is 4.79 Å². The molecule has 0 saturated carbocycles. The second-order valence-corrected chi connectivity index (χ2v) is 3.79. The first-order valence-corrected chi connectivity index (χ1v) is 6.46. The Morgan fingerprint density at radius 1 is 1.06 bits per heavy atom. The van der Waals surface area contributed by atoms with Crippen LogP contribution >= 0.6 is 0 Å². The topological polar surface area (TPSA) is 26.3 Å². The average Bonchev–Trinajstić information content (AvgIpc) is 2.33. The van der Waals surface area contributed by atoms with E-state index < -0.39 is 0 Å². The molecular weight excluding hydrogens is 212 g/mol. The van der Waals surface area contributed by atoms with Gasteiger partial charge >= 0.3 is 5.97 Å². The van der Waals surface area contributed by atoms with E-state index in [4.69, 9.17) is 4.74 Å². The van der Waals surface area contributed by atoms with Crippen LogP contribution in [0.5, 0.6) is 0 Å². The molecule has 2 heteroatoms. The maximum absolute atomic E-state index is 11.2. The Morgan fingerprint density at radius 3 is 2.59 bits per heavy atom. The van der Waals surface area contributed by atoms with Gasteiger partial charge in [0.1, 0.15) is 6.61 Å². The highest BCUT2D eigenvalue weighted by atomic mass is 16.5. The predicted molar refractivity (Wildman–Crippen MR) is 72.8 cm³/mol. The lowest BCUT2D eigenvalue weighted by atomic mass is 10.2. The first kappa shape index (κ1) is 15.7. The summed E-state index contributed by atoms with van der Waals surface area (Å²) in [5.74, 6) is -0.288. The summed E-state index contributed by atoms with van der Waals surface area (Å²) in [7, 11) is 0. The van der Waals surface area contributed by atoms with Crippen LogP contribution < -0.4 is 0 Å². The van der Waals surface area contributed by atoms with Crippen LogP contribution in [-0.4, -0.2) is 12.6 Å². The van der Waals surface area contributed by atoms with Crippen LogP contribution in [0.2, 0.25) is 0 Å². The fraction of sp³-hybridized carbons (Fsp3) is 0.533. The third-order valence-electron chi connectivity index (χ3n) is 2.18. The van der Waals surface area contributed by atoms with Crippen LogP contribution in [0.15, 0.2) is 36.5 Å². The number of hydrogen-bond donors (Lipinski definition) is 0. The van der Waals surface area contributed by atoms with Crippen LogP contribution in [0, 0.1) is 0 Å². The Bertz CT molecular complexity index is 262. The molecule has 0 aliphatic rings. The number of carbonyl (C=O) groups excluding carboxylic acids is 1. The molecule has 96 valence electrons. The molecule has 2 nitrogen and oxygen atoms in total. The number of carbonyl (C=O) groups is 1. The van der Waals surface area contributed by atoms with Crippen LogP contribution in [0.3, 0.4) is 0 Å². The molecule has 0 bridgehead atoms. The Balaban J connectivity index is 3.55. The van der Waals surface area contributed by atoms with E-state index in [2.05, 4.69) is 13.0 Å². The molecule has 0 aliphatic heterocycles. The van der Waals surface area contributed by atoms with Gasteiger partial charge in [-0.05, 0) is 19.3 Å². The Labute approximate surface area is 105 Å². The first-order chi connectivity index (χ1) is 8.31. The van der Waals surface area contributed by atoms with Crippen LogP contribution in [0.25, 0.3) is 0 Å². The molecule has 0 radical (unpaired) electrons. The van der Waals surface area contributed by atoms with Gasteiger partial charge in [0.15, 0.2) is 0 Å². The molecule has 0 aromatic rings. The Morgan fingerprint density at radius 2 is 1.88 bits per heavy atom. The minimum absolute atomic E-state index is 0.288. The number of ether oxygens (including phenoxy) is 1. The van der Waals surface area contributed by atoms with Gasteiger partial charge in [0.05, 0.1) is 0 Å². The number of rotatable bonds is 9. The molecule has 0 atom stereocenters. The van der Waals surface area contributed by atoms with Gasteiger partial charge in [-0.3, -0.25) is 0 Å². The second-order valence-electron chi connectivity index (χ2n) is 3.79. The predicted octanol–water partition coefficient (Wildman–Crippen LogP) is 4.19. The molecule has 0 heterocycles. The van der Waals surface area contributed by atoms with Crippen molar-refractivity contribution in [2.24, 2.45) is 0 Å². The summed E-state index contributed by atoms with van der Waals surface area (Å²) in [6, 6.07) is 0. The smallest absolute Gasteiger partial charge is 0.331 e. The van der Waals surface area contributed by atoms with Crippen molar-refractivity contribution in [1.82, 2.24) is 0 Å². The van der Waals surface area contributed by atoms with Crippen LogP contribution in [-0.2, 0) is 9.53 Å². The van der Waals surface area contributed by atoms with E-state index in [9.17, 15) is 4.79 Å².